The minimum absolute atomic E-state index is 0.600. The molecule has 0 bridgehead atoms. The fraction of sp³-hybridized carbons (Fsp3) is 0.417. The van der Waals surface area contributed by atoms with Crippen molar-refractivity contribution >= 4 is 11.9 Å². The molecule has 1 aliphatic rings. The Balaban J connectivity index is 2.28. The summed E-state index contributed by atoms with van der Waals surface area (Å²) in [6, 6.07) is 0. The van der Waals surface area contributed by atoms with Crippen LogP contribution in [0.3, 0.4) is 0 Å². The number of hydrogen-bond acceptors (Lipinski definition) is 8. The number of anilines is 1. The summed E-state index contributed by atoms with van der Waals surface area (Å²) in [6.45, 7) is 2.52. The maximum Gasteiger partial charge on any atom is 0.417 e. The van der Waals surface area contributed by atoms with Gasteiger partial charge in [-0.2, -0.15) is 4.98 Å². The molecular weight excluding hydrogens is 317 g/mol. The van der Waals surface area contributed by atoms with Crippen molar-refractivity contribution in [1.29, 1.82) is 0 Å². The number of aromatic nitrogens is 2. The number of aliphatic hydroxyl groups is 3. The average molecular weight is 331 g/mol. The van der Waals surface area contributed by atoms with Crippen LogP contribution in [0.2, 0.25) is 0 Å². The topological polar surface area (TPSA) is 143 Å². The largest absolute Gasteiger partial charge is 0.419 e. The molecule has 0 aromatic carbocycles. The Morgan fingerprint density at radius 2 is 2.26 bits per heavy atom. The lowest BCUT2D eigenvalue weighted by molar-refractivity contribution is -0.0553. The molecule has 1 aromatic heterocycles. The first kappa shape index (κ1) is 17.0. The Kier molecular flexibility index (Phi) is 5.05. The normalized spacial score (nSPS) is 26.8. The molecule has 0 spiro atoms. The Morgan fingerprint density at radius 1 is 1.57 bits per heavy atom. The molecule has 1 amide bonds. The second-order valence-corrected chi connectivity index (χ2v) is 4.55. The van der Waals surface area contributed by atoms with Crippen LogP contribution in [0.15, 0.2) is 23.8 Å². The van der Waals surface area contributed by atoms with Gasteiger partial charge in [-0.3, -0.25) is 9.88 Å². The van der Waals surface area contributed by atoms with E-state index >= 15 is 0 Å². The van der Waals surface area contributed by atoms with Crippen molar-refractivity contribution in [3.05, 3.63) is 35.3 Å². The highest BCUT2D eigenvalue weighted by Gasteiger charge is 2.44. The van der Waals surface area contributed by atoms with Gasteiger partial charge in [0.2, 0.25) is 0 Å². The molecule has 2 heterocycles. The number of aliphatic hydroxyl groups excluding tert-OH is 3. The van der Waals surface area contributed by atoms with Gasteiger partial charge in [0.05, 0.1) is 19.1 Å². The van der Waals surface area contributed by atoms with Crippen LogP contribution in [-0.4, -0.2) is 55.9 Å². The lowest BCUT2D eigenvalue weighted by Gasteiger charge is -2.17. The molecule has 0 unspecified atom stereocenters. The molecule has 0 radical (unpaired) electrons. The minimum atomic E-state index is -1.57. The second kappa shape index (κ2) is 6.83. The Labute approximate surface area is 128 Å². The van der Waals surface area contributed by atoms with E-state index in [2.05, 4.69) is 16.3 Å². The molecule has 126 valence electrons. The number of rotatable bonds is 4. The maximum absolute atomic E-state index is 13.9. The number of halogens is 1. The lowest BCUT2D eigenvalue weighted by Crippen LogP contribution is -2.36. The molecule has 0 aliphatic carbocycles. The van der Waals surface area contributed by atoms with Crippen molar-refractivity contribution in [3.63, 3.8) is 0 Å². The van der Waals surface area contributed by atoms with E-state index in [9.17, 15) is 24.2 Å². The Hall–Kier alpha value is -2.34. The SMILES string of the molecule is C=COC(=O)Nc1nc(=O)n([C@@H]2O[C@H](CO)[C@@H](O)[C@H]2O)cc1F. The fourth-order valence-corrected chi connectivity index (χ4v) is 2.03. The Morgan fingerprint density at radius 3 is 2.83 bits per heavy atom. The van der Waals surface area contributed by atoms with Crippen LogP contribution in [-0.2, 0) is 9.47 Å². The first-order chi connectivity index (χ1) is 10.9. The lowest BCUT2D eigenvalue weighted by atomic mass is 10.1. The maximum atomic E-state index is 13.9. The summed E-state index contributed by atoms with van der Waals surface area (Å²) in [5, 5.41) is 30.3. The van der Waals surface area contributed by atoms with Gasteiger partial charge in [0, 0.05) is 0 Å². The van der Waals surface area contributed by atoms with Gasteiger partial charge >= 0.3 is 11.8 Å². The summed E-state index contributed by atoms with van der Waals surface area (Å²) < 4.78 is 23.9. The average Bonchev–Trinajstić information content (AvgIpc) is 2.78. The molecule has 1 aromatic rings. The predicted octanol–water partition coefficient (Wildman–Crippen LogP) is -1.31. The summed E-state index contributed by atoms with van der Waals surface area (Å²) in [4.78, 5) is 26.4. The van der Waals surface area contributed by atoms with Crippen LogP contribution in [0.1, 0.15) is 6.23 Å². The zero-order valence-electron chi connectivity index (χ0n) is 11.6. The van der Waals surface area contributed by atoms with Crippen molar-refractivity contribution in [2.75, 3.05) is 11.9 Å². The van der Waals surface area contributed by atoms with E-state index in [0.717, 1.165) is 6.26 Å². The third kappa shape index (κ3) is 3.37. The van der Waals surface area contributed by atoms with Gasteiger partial charge in [0.1, 0.15) is 18.3 Å². The third-order valence-corrected chi connectivity index (χ3v) is 3.11. The van der Waals surface area contributed by atoms with Gasteiger partial charge in [-0.1, -0.05) is 6.58 Å². The number of nitrogens with zero attached hydrogens (tertiary/aromatic N) is 2. The van der Waals surface area contributed by atoms with Crippen LogP contribution < -0.4 is 11.0 Å². The van der Waals surface area contributed by atoms with Gasteiger partial charge in [-0.05, 0) is 0 Å². The molecular formula is C12H14FN3O7. The van der Waals surface area contributed by atoms with Crippen LogP contribution in [0.4, 0.5) is 15.0 Å². The molecule has 4 atom stereocenters. The van der Waals surface area contributed by atoms with E-state index in [1.54, 1.807) is 0 Å². The van der Waals surface area contributed by atoms with Gasteiger partial charge in [-0.15, -0.1) is 0 Å². The quantitative estimate of drug-likeness (QED) is 0.498. The number of amides is 1. The molecule has 2 rings (SSSR count). The smallest absolute Gasteiger partial charge is 0.417 e. The zero-order valence-corrected chi connectivity index (χ0v) is 11.6. The molecule has 0 saturated carbocycles. The molecule has 1 aliphatic heterocycles. The standard InChI is InChI=1S/C12H14FN3O7/c1-2-22-12(21)15-9-5(13)3-16(11(20)14-9)10-8(19)7(18)6(4-17)23-10/h2-3,6-8,10,17-19H,1,4H2,(H,14,15,20,21)/t6-,7-,8-,10-/m1/s1. The first-order valence-corrected chi connectivity index (χ1v) is 6.38. The van der Waals surface area contributed by atoms with Gasteiger partial charge in [-0.25, -0.2) is 14.0 Å². The first-order valence-electron chi connectivity index (χ1n) is 6.38. The van der Waals surface area contributed by atoms with Crippen LogP contribution in [0, 0.1) is 5.82 Å². The highest BCUT2D eigenvalue weighted by atomic mass is 19.1. The summed E-state index contributed by atoms with van der Waals surface area (Å²) in [6.07, 6.45) is -5.27. The molecule has 10 nitrogen and oxygen atoms in total. The van der Waals surface area contributed by atoms with Crippen LogP contribution >= 0.6 is 0 Å². The van der Waals surface area contributed by atoms with Gasteiger partial charge in [0.15, 0.2) is 17.9 Å². The van der Waals surface area contributed by atoms with E-state index in [1.807, 2.05) is 5.32 Å². The van der Waals surface area contributed by atoms with Crippen molar-refractivity contribution in [3.8, 4) is 0 Å². The number of carbonyl (C=O) groups is 1. The second-order valence-electron chi connectivity index (χ2n) is 4.55. The van der Waals surface area contributed by atoms with E-state index in [0.29, 0.717) is 10.8 Å². The van der Waals surface area contributed by atoms with Crippen LogP contribution in [0.5, 0.6) is 0 Å². The monoisotopic (exact) mass is 331 g/mol. The molecule has 4 N–H and O–H groups in total. The van der Waals surface area contributed by atoms with E-state index < -0.39 is 54.6 Å². The number of ether oxygens (including phenoxy) is 2. The summed E-state index contributed by atoms with van der Waals surface area (Å²) in [7, 11) is 0. The third-order valence-electron chi connectivity index (χ3n) is 3.11. The fourth-order valence-electron chi connectivity index (χ4n) is 2.03. The van der Waals surface area contributed by atoms with Crippen molar-refractivity contribution in [1.82, 2.24) is 9.55 Å². The van der Waals surface area contributed by atoms with Crippen molar-refractivity contribution in [2.45, 2.75) is 24.5 Å². The van der Waals surface area contributed by atoms with Crippen molar-refractivity contribution in [2.24, 2.45) is 0 Å². The molecule has 1 saturated heterocycles. The van der Waals surface area contributed by atoms with Crippen molar-refractivity contribution < 1.29 is 34.0 Å². The van der Waals surface area contributed by atoms with Gasteiger partial charge < -0.3 is 24.8 Å². The predicted molar refractivity (Wildman–Crippen MR) is 71.8 cm³/mol. The van der Waals surface area contributed by atoms with E-state index in [4.69, 9.17) is 9.84 Å². The summed E-state index contributed by atoms with van der Waals surface area (Å²) >= 11 is 0. The highest BCUT2D eigenvalue weighted by molar-refractivity contribution is 5.83. The molecule has 23 heavy (non-hydrogen) atoms. The Bertz CT molecular complexity index is 665. The number of carbonyl (C=O) groups excluding carboxylic acids is 1. The number of hydrogen-bond donors (Lipinski definition) is 4. The summed E-state index contributed by atoms with van der Waals surface area (Å²) in [5.74, 6) is -1.80. The van der Waals surface area contributed by atoms with Crippen LogP contribution in [0.25, 0.3) is 0 Å². The number of nitrogens with one attached hydrogen (secondary N) is 1. The molecule has 1 fully saturated rings. The minimum Gasteiger partial charge on any atom is -0.419 e. The zero-order chi connectivity index (χ0) is 17.1. The highest BCUT2D eigenvalue weighted by Crippen LogP contribution is 2.28. The summed E-state index contributed by atoms with van der Waals surface area (Å²) in [5.41, 5.74) is -1.06. The van der Waals surface area contributed by atoms with E-state index in [-0.39, 0.29) is 0 Å². The van der Waals surface area contributed by atoms with E-state index in [1.165, 1.54) is 0 Å². The van der Waals surface area contributed by atoms with Gasteiger partial charge in [0.25, 0.3) is 0 Å². The molecule has 11 heteroatoms.